The van der Waals surface area contributed by atoms with Crippen LogP contribution in [-0.4, -0.2) is 36.1 Å². The maximum atomic E-state index is 12.7. The van der Waals surface area contributed by atoms with E-state index in [9.17, 15) is 22.8 Å². The number of halogens is 3. The second-order valence-corrected chi connectivity index (χ2v) is 5.59. The molecule has 1 fully saturated rings. The Morgan fingerprint density at radius 2 is 1.81 bits per heavy atom. The van der Waals surface area contributed by atoms with E-state index in [2.05, 4.69) is 9.47 Å². The number of carbonyl (C=O) groups is 2. The Kier molecular flexibility index (Phi) is 4.43. The Bertz CT molecular complexity index is 469. The topological polar surface area (TPSA) is 72.8 Å². The number of alkyl halides is 3. The number of allylic oxidation sites excluding steroid dienone is 1. The second kappa shape index (κ2) is 5.32. The molecule has 1 saturated carbocycles. The lowest BCUT2D eigenvalue weighted by atomic mass is 10.1. The van der Waals surface area contributed by atoms with Crippen molar-refractivity contribution in [2.75, 3.05) is 7.11 Å². The molecule has 0 amide bonds. The molecule has 0 aliphatic heterocycles. The van der Waals surface area contributed by atoms with E-state index in [1.165, 1.54) is 6.08 Å². The fourth-order valence-electron chi connectivity index (χ4n) is 2.13. The summed E-state index contributed by atoms with van der Waals surface area (Å²) in [6.07, 6.45) is -2.82. The number of carboxylic acids is 1. The van der Waals surface area contributed by atoms with Gasteiger partial charge in [-0.2, -0.15) is 13.2 Å². The molecule has 3 atom stereocenters. The highest BCUT2D eigenvalue weighted by Crippen LogP contribution is 2.59. The molecule has 120 valence electrons. The van der Waals surface area contributed by atoms with Gasteiger partial charge in [0.15, 0.2) is 0 Å². The van der Waals surface area contributed by atoms with E-state index in [-0.39, 0.29) is 0 Å². The predicted molar refractivity (Wildman–Crippen MR) is 65.1 cm³/mol. The zero-order valence-electron chi connectivity index (χ0n) is 12.0. The third kappa shape index (κ3) is 3.37. The minimum absolute atomic E-state index is 0.428. The molecule has 0 radical (unpaired) electrons. The van der Waals surface area contributed by atoms with E-state index >= 15 is 0 Å². The molecule has 1 rings (SSSR count). The van der Waals surface area contributed by atoms with Crippen LogP contribution in [0.5, 0.6) is 0 Å². The average molecular weight is 310 g/mol. The summed E-state index contributed by atoms with van der Waals surface area (Å²) in [4.78, 5) is 22.4. The Morgan fingerprint density at radius 1 is 1.29 bits per heavy atom. The van der Waals surface area contributed by atoms with Crippen LogP contribution >= 0.6 is 0 Å². The molecule has 0 heterocycles. The molecule has 0 aromatic carbocycles. The number of esters is 1. The Balaban J connectivity index is 2.71. The summed E-state index contributed by atoms with van der Waals surface area (Å²) < 4.78 is 46.5. The van der Waals surface area contributed by atoms with Crippen molar-refractivity contribution in [1.82, 2.24) is 0 Å². The number of methoxy groups -OCH3 is 1. The monoisotopic (exact) mass is 310 g/mol. The molecule has 0 spiro atoms. The Morgan fingerprint density at radius 3 is 2.14 bits per heavy atom. The number of ether oxygens (including phenoxy) is 2. The van der Waals surface area contributed by atoms with E-state index in [0.717, 1.165) is 13.2 Å². The molecule has 5 nitrogen and oxygen atoms in total. The first-order valence-corrected chi connectivity index (χ1v) is 6.12. The quantitative estimate of drug-likeness (QED) is 0.479. The highest BCUT2D eigenvalue weighted by molar-refractivity contribution is 5.83. The van der Waals surface area contributed by atoms with Gasteiger partial charge in [-0.1, -0.05) is 19.9 Å². The molecule has 0 aromatic rings. The summed E-state index contributed by atoms with van der Waals surface area (Å²) in [5.41, 5.74) is -0.544. The van der Waals surface area contributed by atoms with Crippen molar-refractivity contribution in [3.63, 3.8) is 0 Å². The van der Waals surface area contributed by atoms with Crippen LogP contribution in [0.2, 0.25) is 0 Å². The molecule has 1 N–H and O–H groups in total. The summed E-state index contributed by atoms with van der Waals surface area (Å²) >= 11 is 0. The van der Waals surface area contributed by atoms with Crippen molar-refractivity contribution < 1.29 is 37.3 Å². The molecular weight excluding hydrogens is 293 g/mol. The van der Waals surface area contributed by atoms with Crippen LogP contribution in [0.4, 0.5) is 13.2 Å². The van der Waals surface area contributed by atoms with Crippen molar-refractivity contribution in [3.05, 3.63) is 12.2 Å². The van der Waals surface area contributed by atoms with Gasteiger partial charge in [0.2, 0.25) is 0 Å². The Labute approximate surface area is 119 Å². The minimum Gasteiger partial charge on any atom is -0.481 e. The number of carbonyl (C=O) groups excluding carboxylic acids is 1. The van der Waals surface area contributed by atoms with Crippen LogP contribution in [0.25, 0.3) is 0 Å². The highest BCUT2D eigenvalue weighted by atomic mass is 19.4. The zero-order valence-corrected chi connectivity index (χ0v) is 12.0. The van der Waals surface area contributed by atoms with Crippen LogP contribution in [0.3, 0.4) is 0 Å². The van der Waals surface area contributed by atoms with E-state index in [4.69, 9.17) is 5.11 Å². The smallest absolute Gasteiger partial charge is 0.455 e. The number of aliphatic carboxylic acids is 1. The largest absolute Gasteiger partial charge is 0.481 e. The predicted octanol–water partition coefficient (Wildman–Crippen LogP) is 2.37. The van der Waals surface area contributed by atoms with Gasteiger partial charge >= 0.3 is 23.9 Å². The zero-order chi connectivity index (χ0) is 16.6. The van der Waals surface area contributed by atoms with Gasteiger partial charge in [-0.05, 0) is 11.3 Å². The Hall–Kier alpha value is -1.57. The number of rotatable bonds is 5. The van der Waals surface area contributed by atoms with E-state index in [0.29, 0.717) is 6.92 Å². The number of carboxylic acid groups (broad SMARTS) is 1. The standard InChI is InChI=1S/C13H17F3O5/c1-11(2)7(9(11)10(18)19)5-6-8(17)21-12(3,20-4)13(14,15)16/h5-7,9H,1-4H3,(H,18,19). The normalized spacial score (nSPS) is 27.2. The van der Waals surface area contributed by atoms with E-state index in [1.54, 1.807) is 13.8 Å². The fraction of sp³-hybridized carbons (Fsp3) is 0.692. The van der Waals surface area contributed by atoms with Gasteiger partial charge in [-0.15, -0.1) is 0 Å². The summed E-state index contributed by atoms with van der Waals surface area (Å²) in [5.74, 6) is -6.40. The van der Waals surface area contributed by atoms with Crippen LogP contribution in [0, 0.1) is 17.3 Å². The number of hydrogen-bond donors (Lipinski definition) is 1. The first-order chi connectivity index (χ1) is 9.37. The molecule has 1 aliphatic rings. The third-order valence-corrected chi connectivity index (χ3v) is 3.82. The second-order valence-electron chi connectivity index (χ2n) is 5.59. The van der Waals surface area contributed by atoms with Gasteiger partial charge in [0, 0.05) is 20.1 Å². The molecular formula is C13H17F3O5. The summed E-state index contributed by atoms with van der Waals surface area (Å²) in [6, 6.07) is 0. The van der Waals surface area contributed by atoms with Crippen molar-refractivity contribution in [3.8, 4) is 0 Å². The fourth-order valence-corrected chi connectivity index (χ4v) is 2.13. The average Bonchev–Trinajstić information content (AvgIpc) is 2.87. The first-order valence-electron chi connectivity index (χ1n) is 6.12. The molecule has 3 unspecified atom stereocenters. The molecule has 1 aliphatic carbocycles. The highest BCUT2D eigenvalue weighted by Gasteiger charge is 2.61. The maximum Gasteiger partial charge on any atom is 0.455 e. The van der Waals surface area contributed by atoms with Crippen LogP contribution in [0.1, 0.15) is 20.8 Å². The molecule has 8 heteroatoms. The van der Waals surface area contributed by atoms with Gasteiger partial charge in [-0.3, -0.25) is 4.79 Å². The van der Waals surface area contributed by atoms with Crippen molar-refractivity contribution in [1.29, 1.82) is 0 Å². The molecule has 0 bridgehead atoms. The summed E-state index contributed by atoms with van der Waals surface area (Å²) in [5, 5.41) is 8.94. The van der Waals surface area contributed by atoms with E-state index in [1.807, 2.05) is 0 Å². The van der Waals surface area contributed by atoms with Crippen LogP contribution in [-0.2, 0) is 19.1 Å². The van der Waals surface area contributed by atoms with Crippen LogP contribution < -0.4 is 0 Å². The summed E-state index contributed by atoms with van der Waals surface area (Å²) in [6.45, 7) is 3.97. The lowest BCUT2D eigenvalue weighted by Crippen LogP contribution is -2.47. The van der Waals surface area contributed by atoms with Crippen LogP contribution in [0.15, 0.2) is 12.2 Å². The van der Waals surface area contributed by atoms with Gasteiger partial charge < -0.3 is 14.6 Å². The van der Waals surface area contributed by atoms with Crippen molar-refractivity contribution >= 4 is 11.9 Å². The molecule has 0 saturated heterocycles. The summed E-state index contributed by atoms with van der Waals surface area (Å²) in [7, 11) is 0.773. The van der Waals surface area contributed by atoms with Gasteiger partial charge in [0.1, 0.15) is 0 Å². The SMILES string of the molecule is COC(C)(OC(=O)C=CC1C(C(=O)O)C1(C)C)C(F)(F)F. The maximum absolute atomic E-state index is 12.7. The van der Waals surface area contributed by atoms with E-state index < -0.39 is 41.2 Å². The molecule has 0 aromatic heterocycles. The third-order valence-electron chi connectivity index (χ3n) is 3.82. The minimum atomic E-state index is -4.88. The lowest BCUT2D eigenvalue weighted by Gasteiger charge is -2.29. The van der Waals surface area contributed by atoms with Gasteiger partial charge in [0.25, 0.3) is 0 Å². The van der Waals surface area contributed by atoms with Gasteiger partial charge in [-0.25, -0.2) is 4.79 Å². The number of hydrogen-bond acceptors (Lipinski definition) is 4. The van der Waals surface area contributed by atoms with Gasteiger partial charge in [0.05, 0.1) is 5.92 Å². The van der Waals surface area contributed by atoms with Crippen molar-refractivity contribution in [2.45, 2.75) is 32.7 Å². The first kappa shape index (κ1) is 17.5. The van der Waals surface area contributed by atoms with Crippen molar-refractivity contribution in [2.24, 2.45) is 17.3 Å². The molecule has 21 heavy (non-hydrogen) atoms. The lowest BCUT2D eigenvalue weighted by molar-refractivity contribution is -0.350.